The van der Waals surface area contributed by atoms with Gasteiger partial charge in [0.25, 0.3) is 0 Å². The molecule has 0 fully saturated rings. The summed E-state index contributed by atoms with van der Waals surface area (Å²) in [7, 11) is 3.31. The van der Waals surface area contributed by atoms with E-state index < -0.39 is 52.8 Å². The Kier molecular flexibility index (Phi) is 49.1. The number of ether oxygens (including phenoxy) is 3. The SMILES string of the molecule is CCC(C)=O.CNC(CCCCNC(=O)[C@H](CCCCNC(=O)CCCC(=O)NOCCOCC(=O)NCCOCCOCC(=O)NCCCC[C@H](NC)C(N)=O)CC(=O)CCCC(=O)NC(CNC(C)(C)/C(C)=N\O)CNC(C)(C)/C(C)=N\O)C(N)=O. The Hall–Kier alpha value is -6.28. The van der Waals surface area contributed by atoms with Crippen molar-refractivity contribution >= 4 is 70.2 Å². The van der Waals surface area contributed by atoms with Crippen LogP contribution in [0, 0.1) is 5.92 Å². The molecule has 0 saturated carbocycles. The molecule has 30 heteroatoms. The molecule has 8 amide bonds. The van der Waals surface area contributed by atoms with Crippen LogP contribution in [-0.2, 0) is 67.0 Å². The maximum atomic E-state index is 13.4. The van der Waals surface area contributed by atoms with E-state index in [2.05, 4.69) is 63.6 Å². The number of unbranched alkanes of at least 4 members (excludes halogenated alkanes) is 3. The van der Waals surface area contributed by atoms with Gasteiger partial charge in [0.1, 0.15) is 24.8 Å². The number of hydrogen-bond donors (Lipinski definition) is 14. The third-order valence-electron chi connectivity index (χ3n) is 14.1. The molecule has 508 valence electrons. The lowest BCUT2D eigenvalue weighted by molar-refractivity contribution is -0.136. The van der Waals surface area contributed by atoms with Crippen molar-refractivity contribution in [3.05, 3.63) is 0 Å². The van der Waals surface area contributed by atoms with Gasteiger partial charge in [0.2, 0.25) is 47.3 Å². The van der Waals surface area contributed by atoms with Crippen LogP contribution in [0.15, 0.2) is 10.3 Å². The second-order valence-corrected chi connectivity index (χ2v) is 22.3. The summed E-state index contributed by atoms with van der Waals surface area (Å²) in [6.07, 6.45) is 6.49. The minimum atomic E-state index is -0.689. The molecule has 0 spiro atoms. The first-order valence-electron chi connectivity index (χ1n) is 30.5. The number of Topliss-reactive ketones (excluding diaryl/α,β-unsaturated/α-hetero) is 2. The van der Waals surface area contributed by atoms with Crippen LogP contribution in [0.5, 0.6) is 0 Å². The minimum Gasteiger partial charge on any atom is -0.411 e. The quantitative estimate of drug-likeness (QED) is 0.0165. The van der Waals surface area contributed by atoms with Crippen LogP contribution < -0.4 is 64.8 Å². The minimum absolute atomic E-state index is 0.0209. The number of rotatable bonds is 54. The first kappa shape index (κ1) is 83.8. The lowest BCUT2D eigenvalue weighted by atomic mass is 9.93. The largest absolute Gasteiger partial charge is 0.411 e. The maximum absolute atomic E-state index is 13.4. The normalized spacial score (nSPS) is 12.9. The molecule has 0 aromatic carbocycles. The zero-order valence-electron chi connectivity index (χ0n) is 54.2. The highest BCUT2D eigenvalue weighted by Crippen LogP contribution is 2.17. The first-order valence-corrected chi connectivity index (χ1v) is 30.5. The van der Waals surface area contributed by atoms with E-state index in [0.29, 0.717) is 102 Å². The van der Waals surface area contributed by atoms with Crippen LogP contribution in [0.3, 0.4) is 0 Å². The molecule has 0 radical (unpaired) electrons. The van der Waals surface area contributed by atoms with Crippen LogP contribution >= 0.6 is 0 Å². The van der Waals surface area contributed by atoms with Gasteiger partial charge in [-0.15, -0.1) is 0 Å². The summed E-state index contributed by atoms with van der Waals surface area (Å²) >= 11 is 0. The van der Waals surface area contributed by atoms with Crippen LogP contribution in [0.2, 0.25) is 0 Å². The van der Waals surface area contributed by atoms with Gasteiger partial charge in [-0.3, -0.25) is 48.0 Å². The second kappa shape index (κ2) is 51.6. The van der Waals surface area contributed by atoms with E-state index in [1.54, 1.807) is 34.9 Å². The Balaban J connectivity index is 0. The monoisotopic (exact) mass is 1260 g/mol. The molecule has 0 saturated heterocycles. The van der Waals surface area contributed by atoms with Crippen molar-refractivity contribution in [1.82, 2.24) is 53.3 Å². The second-order valence-electron chi connectivity index (χ2n) is 22.3. The Bertz CT molecular complexity index is 2080. The molecule has 0 heterocycles. The molecule has 0 bridgehead atoms. The average molecular weight is 1260 g/mol. The summed E-state index contributed by atoms with van der Waals surface area (Å²) in [5.74, 6) is -3.37. The fourth-order valence-electron chi connectivity index (χ4n) is 7.71. The Morgan fingerprint density at radius 1 is 0.511 bits per heavy atom. The number of nitrogens with two attached hydrogens (primary N) is 2. The number of ketones is 2. The number of oxime groups is 2. The summed E-state index contributed by atoms with van der Waals surface area (Å²) in [5.41, 5.74) is 12.5. The number of primary amides is 2. The lowest BCUT2D eigenvalue weighted by Crippen LogP contribution is -2.57. The fraction of sp³-hybridized carbons (Fsp3) is 0.793. The van der Waals surface area contributed by atoms with Gasteiger partial charge in [-0.05, 0) is 127 Å². The molecule has 0 aromatic rings. The van der Waals surface area contributed by atoms with E-state index in [1.165, 1.54) is 0 Å². The molecule has 0 rings (SSSR count). The Labute approximate surface area is 520 Å². The Morgan fingerprint density at radius 3 is 1.43 bits per heavy atom. The fourth-order valence-corrected chi connectivity index (χ4v) is 7.71. The summed E-state index contributed by atoms with van der Waals surface area (Å²) in [4.78, 5) is 126. The molecule has 3 atom stereocenters. The third kappa shape index (κ3) is 45.9. The molecule has 16 N–H and O–H groups in total. The molecule has 1 unspecified atom stereocenters. The van der Waals surface area contributed by atoms with Gasteiger partial charge in [-0.25, -0.2) is 5.48 Å². The highest BCUT2D eigenvalue weighted by atomic mass is 16.7. The molecule has 30 nitrogen and oxygen atoms in total. The molecular formula is C58H110N14O16. The van der Waals surface area contributed by atoms with Crippen LogP contribution in [0.1, 0.15) is 165 Å². The molecule has 0 aliphatic heterocycles. The number of carbonyl (C=O) groups is 10. The van der Waals surface area contributed by atoms with Crippen molar-refractivity contribution < 1.29 is 77.4 Å². The molecular weight excluding hydrogens is 1150 g/mol. The number of nitrogens with one attached hydrogen (secondary N) is 10. The number of likely N-dealkylation sites (N-methyl/N-ethyl adjacent to an activating group) is 2. The van der Waals surface area contributed by atoms with Crippen molar-refractivity contribution in [2.75, 3.05) is 99.6 Å². The molecule has 0 aliphatic rings. The molecule has 88 heavy (non-hydrogen) atoms. The highest BCUT2D eigenvalue weighted by molar-refractivity contribution is 5.91. The van der Waals surface area contributed by atoms with E-state index in [0.717, 1.165) is 6.42 Å². The highest BCUT2D eigenvalue weighted by Gasteiger charge is 2.28. The zero-order valence-corrected chi connectivity index (χ0v) is 54.2. The van der Waals surface area contributed by atoms with Crippen LogP contribution in [0.4, 0.5) is 0 Å². The van der Waals surface area contributed by atoms with E-state index in [1.807, 2.05) is 34.6 Å². The predicted octanol–water partition coefficient (Wildman–Crippen LogP) is 0.0291. The predicted molar refractivity (Wildman–Crippen MR) is 332 cm³/mol. The van der Waals surface area contributed by atoms with E-state index in [9.17, 15) is 58.4 Å². The van der Waals surface area contributed by atoms with Crippen molar-refractivity contribution in [2.45, 2.75) is 194 Å². The van der Waals surface area contributed by atoms with Crippen molar-refractivity contribution in [1.29, 1.82) is 0 Å². The third-order valence-corrected chi connectivity index (χ3v) is 14.1. The maximum Gasteiger partial charge on any atom is 0.246 e. The van der Waals surface area contributed by atoms with Gasteiger partial charge in [0.15, 0.2) is 0 Å². The average Bonchev–Trinajstić information content (AvgIpc) is 3.68. The summed E-state index contributed by atoms with van der Waals surface area (Å²) in [5, 5.41) is 51.7. The van der Waals surface area contributed by atoms with Crippen LogP contribution in [0.25, 0.3) is 0 Å². The van der Waals surface area contributed by atoms with Crippen molar-refractivity contribution in [2.24, 2.45) is 27.7 Å². The number of nitrogens with zero attached hydrogens (tertiary/aromatic N) is 2. The number of hydroxylamine groups is 1. The van der Waals surface area contributed by atoms with Gasteiger partial charge in [0, 0.05) is 83.7 Å². The Morgan fingerprint density at radius 2 is 0.943 bits per heavy atom. The van der Waals surface area contributed by atoms with Gasteiger partial charge in [-0.1, -0.05) is 23.7 Å². The smallest absolute Gasteiger partial charge is 0.246 e. The first-order chi connectivity index (χ1) is 41.7. The number of carbonyl (C=O) groups excluding carboxylic acids is 10. The van der Waals surface area contributed by atoms with Gasteiger partial charge >= 0.3 is 0 Å². The van der Waals surface area contributed by atoms with E-state index in [4.69, 9.17) is 30.5 Å². The topological polar surface area (TPSA) is 445 Å². The molecule has 0 aliphatic carbocycles. The van der Waals surface area contributed by atoms with E-state index in [-0.39, 0.29) is 139 Å². The summed E-state index contributed by atoms with van der Waals surface area (Å²) in [6, 6.07) is -1.31. The van der Waals surface area contributed by atoms with Gasteiger partial charge < -0.3 is 88.7 Å². The zero-order chi connectivity index (χ0) is 66.8. The standard InChI is InChI=1S/C54H102N14O15.C4H8O/c1-38(66-78)53(3,4)63-34-41(35-64-54(5,6)39(2)67-79)65-46(71)22-15-18-42(69)33-40(52(77)62-26-14-11-20-44(58-8)51(56)76)17-9-12-24-59-45(70)21-16-23-47(72)68-83-32-31-82-37-49(74)61-27-28-80-29-30-81-36-48(73)60-25-13-10-19-43(57-7)50(55)75;1-3-4(2)5/h40-41,43-44,57-58,63-64,78-79H,9-37H2,1-8H3,(H2,55,75)(H2,56,76)(H,59,70)(H,60,73)(H,61,74)(H,62,77)(H,65,71)(H,68,72);3H2,1-2H3/b66-38-,67-39-;/t40-,43+,44?;/m1./s1. The number of hydrogen-bond acceptors (Lipinski definition) is 22. The number of amides is 8. The van der Waals surface area contributed by atoms with Crippen molar-refractivity contribution in [3.8, 4) is 0 Å². The summed E-state index contributed by atoms with van der Waals surface area (Å²) < 4.78 is 15.9. The molecule has 0 aromatic heterocycles. The van der Waals surface area contributed by atoms with E-state index >= 15 is 0 Å². The van der Waals surface area contributed by atoms with Crippen molar-refractivity contribution in [3.63, 3.8) is 0 Å². The van der Waals surface area contributed by atoms with Crippen LogP contribution in [-0.4, -0.2) is 209 Å². The van der Waals surface area contributed by atoms with Gasteiger partial charge in [0.05, 0.1) is 73.7 Å². The lowest BCUT2D eigenvalue weighted by Gasteiger charge is -2.32. The van der Waals surface area contributed by atoms with Gasteiger partial charge in [-0.2, -0.15) is 0 Å². The summed E-state index contributed by atoms with van der Waals surface area (Å²) in [6.45, 7) is 16.3.